The number of methoxy groups -OCH3 is 1. The van der Waals surface area contributed by atoms with E-state index in [-0.39, 0.29) is 23.7 Å². The summed E-state index contributed by atoms with van der Waals surface area (Å²) >= 11 is 0. The minimum Gasteiger partial charge on any atom is -0.467 e. The number of hydrogen-bond acceptors (Lipinski definition) is 5. The molecule has 0 aliphatic heterocycles. The van der Waals surface area contributed by atoms with Crippen LogP contribution in [0.25, 0.3) is 10.9 Å². The van der Waals surface area contributed by atoms with Crippen molar-refractivity contribution in [2.75, 3.05) is 7.11 Å². The molecule has 1 aliphatic carbocycles. The molecule has 0 unspecified atom stereocenters. The van der Waals surface area contributed by atoms with Crippen LogP contribution in [-0.2, 0) is 20.9 Å². The second-order valence-corrected chi connectivity index (χ2v) is 6.68. The van der Waals surface area contributed by atoms with E-state index in [0.29, 0.717) is 30.3 Å². The Morgan fingerprint density at radius 3 is 2.69 bits per heavy atom. The van der Waals surface area contributed by atoms with Crippen molar-refractivity contribution in [2.24, 2.45) is 0 Å². The largest absolute Gasteiger partial charge is 0.467 e. The Hall–Kier alpha value is -2.70. The molecule has 138 valence electrons. The number of nitrogens with one attached hydrogen (secondary N) is 1. The van der Waals surface area contributed by atoms with Crippen LogP contribution in [0.5, 0.6) is 0 Å². The predicted molar refractivity (Wildman–Crippen MR) is 96.6 cm³/mol. The minimum absolute atomic E-state index is 0.145. The van der Waals surface area contributed by atoms with Gasteiger partial charge in [0.15, 0.2) is 0 Å². The Morgan fingerprint density at radius 1 is 1.23 bits per heavy atom. The van der Waals surface area contributed by atoms with Crippen molar-refractivity contribution < 1.29 is 14.3 Å². The highest BCUT2D eigenvalue weighted by Crippen LogP contribution is 2.29. The third-order valence-corrected chi connectivity index (χ3v) is 4.97. The summed E-state index contributed by atoms with van der Waals surface area (Å²) in [7, 11) is 1.35. The lowest BCUT2D eigenvalue weighted by Crippen LogP contribution is -2.56. The zero-order valence-electron chi connectivity index (χ0n) is 14.9. The van der Waals surface area contributed by atoms with Gasteiger partial charge in [-0.25, -0.2) is 4.79 Å². The van der Waals surface area contributed by atoms with Crippen LogP contribution < -0.4 is 10.7 Å². The van der Waals surface area contributed by atoms with Crippen molar-refractivity contribution in [3.05, 3.63) is 40.7 Å². The van der Waals surface area contributed by atoms with Gasteiger partial charge in [-0.2, -0.15) is 5.10 Å². The fourth-order valence-corrected chi connectivity index (χ4v) is 3.61. The number of hydrogen-bond donors (Lipinski definition) is 1. The SMILES string of the molecule is COC(=O)C1(NC(=O)CCn2ncc(=O)c3ccccc32)CCCCC1. The van der Waals surface area contributed by atoms with Crippen LogP contribution >= 0.6 is 0 Å². The van der Waals surface area contributed by atoms with E-state index in [0.717, 1.165) is 19.3 Å². The summed E-state index contributed by atoms with van der Waals surface area (Å²) in [6, 6.07) is 7.17. The molecule has 7 nitrogen and oxygen atoms in total. The van der Waals surface area contributed by atoms with Crippen molar-refractivity contribution in [2.45, 2.75) is 50.6 Å². The number of para-hydroxylation sites is 1. The molecule has 7 heteroatoms. The molecule has 26 heavy (non-hydrogen) atoms. The predicted octanol–water partition coefficient (Wildman–Crippen LogP) is 1.78. The fourth-order valence-electron chi connectivity index (χ4n) is 3.61. The van der Waals surface area contributed by atoms with E-state index in [2.05, 4.69) is 10.4 Å². The van der Waals surface area contributed by atoms with Crippen LogP contribution in [0.2, 0.25) is 0 Å². The maximum Gasteiger partial charge on any atom is 0.331 e. The van der Waals surface area contributed by atoms with Crippen LogP contribution in [0.3, 0.4) is 0 Å². The molecular formula is C19H23N3O4. The van der Waals surface area contributed by atoms with Gasteiger partial charge in [0.2, 0.25) is 11.3 Å². The normalized spacial score (nSPS) is 16.2. The first-order valence-electron chi connectivity index (χ1n) is 8.90. The van der Waals surface area contributed by atoms with Gasteiger partial charge in [0.25, 0.3) is 0 Å². The standard InChI is InChI=1S/C19H23N3O4/c1-26-18(25)19(10-5-2-6-11-19)21-17(24)9-12-22-15-8-4-3-7-14(15)16(23)13-20-22/h3-4,7-8,13H,2,5-6,9-12H2,1H3,(H,21,24). The third-order valence-electron chi connectivity index (χ3n) is 4.97. The fraction of sp³-hybridized carbons (Fsp3) is 0.474. The van der Waals surface area contributed by atoms with Crippen molar-refractivity contribution in [1.29, 1.82) is 0 Å². The molecule has 1 amide bonds. The maximum atomic E-state index is 12.5. The topological polar surface area (TPSA) is 90.3 Å². The molecule has 2 aromatic rings. The van der Waals surface area contributed by atoms with Crippen LogP contribution in [-0.4, -0.2) is 34.3 Å². The Morgan fingerprint density at radius 2 is 1.96 bits per heavy atom. The summed E-state index contributed by atoms with van der Waals surface area (Å²) in [6.45, 7) is 0.323. The zero-order valence-corrected chi connectivity index (χ0v) is 14.9. The van der Waals surface area contributed by atoms with Gasteiger partial charge < -0.3 is 10.1 Å². The average molecular weight is 357 g/mol. The Labute approximate surface area is 151 Å². The Bertz CT molecular complexity index is 868. The van der Waals surface area contributed by atoms with Crippen LogP contribution in [0, 0.1) is 0 Å². The summed E-state index contributed by atoms with van der Waals surface area (Å²) in [4.78, 5) is 36.6. The van der Waals surface area contributed by atoms with Gasteiger partial charge in [-0.1, -0.05) is 31.4 Å². The molecule has 0 saturated heterocycles. The first kappa shape index (κ1) is 18.1. The van der Waals surface area contributed by atoms with Gasteiger partial charge in [0, 0.05) is 11.8 Å². The third kappa shape index (κ3) is 3.61. The highest BCUT2D eigenvalue weighted by atomic mass is 16.5. The first-order valence-corrected chi connectivity index (χ1v) is 8.90. The van der Waals surface area contributed by atoms with Crippen LogP contribution in [0.1, 0.15) is 38.5 Å². The number of rotatable bonds is 5. The number of nitrogens with zero attached hydrogens (tertiary/aromatic N) is 2. The van der Waals surface area contributed by atoms with E-state index in [9.17, 15) is 14.4 Å². The number of amides is 1. The Kier molecular flexibility index (Phi) is 5.35. The smallest absolute Gasteiger partial charge is 0.331 e. The summed E-state index contributed by atoms with van der Waals surface area (Å²) in [6.07, 6.45) is 5.47. The highest BCUT2D eigenvalue weighted by molar-refractivity contribution is 5.88. The van der Waals surface area contributed by atoms with Crippen molar-refractivity contribution in [1.82, 2.24) is 15.1 Å². The van der Waals surface area contributed by atoms with Gasteiger partial charge in [0.1, 0.15) is 5.54 Å². The van der Waals surface area contributed by atoms with Crippen molar-refractivity contribution in [3.8, 4) is 0 Å². The van der Waals surface area contributed by atoms with Crippen LogP contribution in [0.15, 0.2) is 35.3 Å². The number of esters is 1. The Balaban J connectivity index is 1.72. The molecule has 1 saturated carbocycles. The van der Waals surface area contributed by atoms with Gasteiger partial charge in [-0.3, -0.25) is 14.3 Å². The number of fused-ring (bicyclic) bond motifs is 1. The molecule has 1 heterocycles. The van der Waals surface area contributed by atoms with Gasteiger partial charge in [-0.15, -0.1) is 0 Å². The molecule has 1 aromatic heterocycles. The minimum atomic E-state index is -0.914. The molecular weight excluding hydrogens is 334 g/mol. The first-order chi connectivity index (χ1) is 12.6. The lowest BCUT2D eigenvalue weighted by molar-refractivity contribution is -0.152. The molecule has 0 bridgehead atoms. The zero-order chi connectivity index (χ0) is 18.6. The van der Waals surface area contributed by atoms with Gasteiger partial charge >= 0.3 is 5.97 Å². The van der Waals surface area contributed by atoms with Gasteiger partial charge in [0.05, 0.1) is 25.4 Å². The average Bonchev–Trinajstić information content (AvgIpc) is 2.67. The second kappa shape index (κ2) is 7.68. The maximum absolute atomic E-state index is 12.5. The van der Waals surface area contributed by atoms with E-state index in [1.54, 1.807) is 22.9 Å². The van der Waals surface area contributed by atoms with E-state index >= 15 is 0 Å². The lowest BCUT2D eigenvalue weighted by Gasteiger charge is -2.35. The molecule has 3 rings (SSSR count). The molecule has 1 aromatic carbocycles. The number of aryl methyl sites for hydroxylation is 1. The molecule has 0 radical (unpaired) electrons. The number of aromatic nitrogens is 2. The highest BCUT2D eigenvalue weighted by Gasteiger charge is 2.41. The van der Waals surface area contributed by atoms with E-state index in [1.165, 1.54) is 13.3 Å². The van der Waals surface area contributed by atoms with E-state index in [1.807, 2.05) is 6.07 Å². The summed E-state index contributed by atoms with van der Waals surface area (Å²) in [5.74, 6) is -0.598. The summed E-state index contributed by atoms with van der Waals surface area (Å²) in [5.41, 5.74) is -0.371. The molecule has 0 atom stereocenters. The van der Waals surface area contributed by atoms with Crippen molar-refractivity contribution >= 4 is 22.8 Å². The monoisotopic (exact) mass is 357 g/mol. The lowest BCUT2D eigenvalue weighted by atomic mass is 9.81. The number of benzene rings is 1. The van der Waals surface area contributed by atoms with E-state index < -0.39 is 5.54 Å². The van der Waals surface area contributed by atoms with Gasteiger partial charge in [-0.05, 0) is 25.0 Å². The summed E-state index contributed by atoms with van der Waals surface area (Å²) in [5, 5.41) is 7.59. The summed E-state index contributed by atoms with van der Waals surface area (Å²) < 4.78 is 6.56. The number of carbonyl (C=O) groups is 2. The molecule has 1 aliphatic rings. The van der Waals surface area contributed by atoms with Crippen LogP contribution in [0.4, 0.5) is 0 Å². The molecule has 1 fully saturated rings. The molecule has 0 spiro atoms. The number of ether oxygens (including phenoxy) is 1. The molecule has 1 N–H and O–H groups in total. The second-order valence-electron chi connectivity index (χ2n) is 6.68. The van der Waals surface area contributed by atoms with E-state index in [4.69, 9.17) is 4.74 Å². The van der Waals surface area contributed by atoms with Crippen molar-refractivity contribution in [3.63, 3.8) is 0 Å². The number of carbonyl (C=O) groups excluding carboxylic acids is 2. The quantitative estimate of drug-likeness (QED) is 0.824.